The van der Waals surface area contributed by atoms with Gasteiger partial charge in [-0.25, -0.2) is 4.79 Å². The summed E-state index contributed by atoms with van der Waals surface area (Å²) in [5.74, 6) is 0. The summed E-state index contributed by atoms with van der Waals surface area (Å²) >= 11 is 11.8. The van der Waals surface area contributed by atoms with Crippen LogP contribution in [0.1, 0.15) is 19.3 Å². The first-order chi connectivity index (χ1) is 10.1. The average Bonchev–Trinajstić information content (AvgIpc) is 3.12. The van der Waals surface area contributed by atoms with Gasteiger partial charge in [-0.05, 0) is 50.6 Å². The van der Waals surface area contributed by atoms with E-state index in [1.54, 1.807) is 18.2 Å². The molecule has 4 nitrogen and oxygen atoms in total. The zero-order valence-electron chi connectivity index (χ0n) is 11.8. The fourth-order valence-electron chi connectivity index (χ4n) is 3.11. The number of carbonyl (C=O) groups excluding carboxylic acids is 1. The molecule has 1 aromatic carbocycles. The third kappa shape index (κ3) is 3.44. The lowest BCUT2D eigenvalue weighted by molar-refractivity contribution is 0.210. The number of anilines is 1. The molecule has 0 bridgehead atoms. The van der Waals surface area contributed by atoms with Crippen LogP contribution in [0.25, 0.3) is 0 Å². The molecule has 2 amide bonds. The predicted molar refractivity (Wildman–Crippen MR) is 86.3 cm³/mol. The molecular formula is C15H19Cl2N3O. The zero-order chi connectivity index (χ0) is 14.8. The van der Waals surface area contributed by atoms with Crippen molar-refractivity contribution in [3.05, 3.63) is 28.2 Å². The number of carbonyl (C=O) groups is 1. The van der Waals surface area contributed by atoms with Gasteiger partial charge in [0.25, 0.3) is 0 Å². The number of hydrogen-bond acceptors (Lipinski definition) is 2. The number of halogens is 2. The van der Waals surface area contributed by atoms with Crippen LogP contribution in [0.2, 0.25) is 10.0 Å². The number of rotatable bonds is 2. The molecule has 1 aromatic rings. The number of nitrogens with one attached hydrogen (secondary N) is 1. The Hall–Kier alpha value is -0.970. The van der Waals surface area contributed by atoms with E-state index in [0.717, 1.165) is 19.5 Å². The summed E-state index contributed by atoms with van der Waals surface area (Å²) in [5.41, 5.74) is 0.680. The highest BCUT2D eigenvalue weighted by Gasteiger charge is 2.31. The Morgan fingerprint density at radius 1 is 1.14 bits per heavy atom. The lowest BCUT2D eigenvalue weighted by Gasteiger charge is -2.23. The van der Waals surface area contributed by atoms with Crippen LogP contribution >= 0.6 is 23.2 Å². The quantitative estimate of drug-likeness (QED) is 0.899. The number of hydrogen-bond donors (Lipinski definition) is 1. The summed E-state index contributed by atoms with van der Waals surface area (Å²) in [6.45, 7) is 3.97. The minimum atomic E-state index is -0.0601. The van der Waals surface area contributed by atoms with Crippen molar-refractivity contribution in [1.29, 1.82) is 0 Å². The Balaban J connectivity index is 1.57. The fourth-order valence-corrected chi connectivity index (χ4v) is 3.41. The van der Waals surface area contributed by atoms with E-state index in [1.165, 1.54) is 25.9 Å². The third-order valence-corrected chi connectivity index (χ3v) is 5.02. The molecule has 0 saturated carbocycles. The Morgan fingerprint density at radius 3 is 2.62 bits per heavy atom. The van der Waals surface area contributed by atoms with Crippen molar-refractivity contribution in [3.8, 4) is 0 Å². The second-order valence-electron chi connectivity index (χ2n) is 5.69. The topological polar surface area (TPSA) is 35.6 Å². The van der Waals surface area contributed by atoms with Gasteiger partial charge in [0.15, 0.2) is 0 Å². The number of nitrogens with zero attached hydrogens (tertiary/aromatic N) is 2. The van der Waals surface area contributed by atoms with Gasteiger partial charge in [-0.1, -0.05) is 23.2 Å². The van der Waals surface area contributed by atoms with Crippen molar-refractivity contribution in [3.63, 3.8) is 0 Å². The van der Waals surface area contributed by atoms with Crippen LogP contribution in [-0.2, 0) is 0 Å². The van der Waals surface area contributed by atoms with Crippen molar-refractivity contribution in [2.24, 2.45) is 0 Å². The smallest absolute Gasteiger partial charge is 0.321 e. The second-order valence-corrected chi connectivity index (χ2v) is 6.51. The highest BCUT2D eigenvalue weighted by molar-refractivity contribution is 6.42. The molecule has 1 N–H and O–H groups in total. The molecule has 0 aliphatic carbocycles. The molecule has 0 spiro atoms. The molecule has 2 aliphatic rings. The predicted octanol–water partition coefficient (Wildman–Crippen LogP) is 3.70. The normalized spacial score (nSPS) is 22.8. The number of benzene rings is 1. The summed E-state index contributed by atoms with van der Waals surface area (Å²) in [7, 11) is 0. The first-order valence-corrected chi connectivity index (χ1v) is 8.14. The lowest BCUT2D eigenvalue weighted by atomic mass is 10.2. The third-order valence-electron chi connectivity index (χ3n) is 4.28. The summed E-state index contributed by atoms with van der Waals surface area (Å²) < 4.78 is 0. The highest BCUT2D eigenvalue weighted by atomic mass is 35.5. The van der Waals surface area contributed by atoms with Gasteiger partial charge in [-0.2, -0.15) is 0 Å². The molecule has 114 valence electrons. The van der Waals surface area contributed by atoms with Crippen molar-refractivity contribution >= 4 is 34.9 Å². The monoisotopic (exact) mass is 327 g/mol. The van der Waals surface area contributed by atoms with Gasteiger partial charge in [0.1, 0.15) is 0 Å². The standard InChI is InChI=1S/C15H19Cl2N3O/c16-13-4-3-11(9-14(13)17)18-15(21)20-8-5-12(10-20)19-6-1-2-7-19/h3-4,9,12H,1-2,5-8,10H2,(H,18,21). The molecule has 2 heterocycles. The first kappa shape index (κ1) is 14.9. The van der Waals surface area contributed by atoms with Gasteiger partial charge in [0, 0.05) is 24.8 Å². The highest BCUT2D eigenvalue weighted by Crippen LogP contribution is 2.26. The SMILES string of the molecule is O=C(Nc1ccc(Cl)c(Cl)c1)N1CCC(N2CCCC2)C1. The van der Waals surface area contributed by atoms with Gasteiger partial charge in [-0.3, -0.25) is 4.90 Å². The van der Waals surface area contributed by atoms with Gasteiger partial charge < -0.3 is 10.2 Å². The Morgan fingerprint density at radius 2 is 1.90 bits per heavy atom. The molecule has 1 unspecified atom stereocenters. The second kappa shape index (κ2) is 6.42. The van der Waals surface area contributed by atoms with Crippen LogP contribution in [0, 0.1) is 0 Å². The number of urea groups is 1. The van der Waals surface area contributed by atoms with Crippen molar-refractivity contribution < 1.29 is 4.79 Å². The van der Waals surface area contributed by atoms with Crippen LogP contribution in [-0.4, -0.2) is 48.1 Å². The van der Waals surface area contributed by atoms with E-state index in [1.807, 2.05) is 4.90 Å². The Kier molecular flexibility index (Phi) is 4.57. The van der Waals surface area contributed by atoms with Gasteiger partial charge >= 0.3 is 6.03 Å². The lowest BCUT2D eigenvalue weighted by Crippen LogP contribution is -2.38. The van der Waals surface area contributed by atoms with Crippen LogP contribution in [0.3, 0.4) is 0 Å². The van der Waals surface area contributed by atoms with Crippen molar-refractivity contribution in [2.75, 3.05) is 31.5 Å². The maximum Gasteiger partial charge on any atom is 0.321 e. The maximum absolute atomic E-state index is 12.3. The summed E-state index contributed by atoms with van der Waals surface area (Å²) in [6, 6.07) is 5.59. The minimum Gasteiger partial charge on any atom is -0.323 e. The first-order valence-electron chi connectivity index (χ1n) is 7.38. The largest absolute Gasteiger partial charge is 0.323 e. The van der Waals surface area contributed by atoms with Crippen LogP contribution in [0.15, 0.2) is 18.2 Å². The molecule has 0 radical (unpaired) electrons. The molecule has 0 aromatic heterocycles. The molecule has 2 saturated heterocycles. The van der Waals surface area contributed by atoms with Crippen LogP contribution < -0.4 is 5.32 Å². The van der Waals surface area contributed by atoms with E-state index < -0.39 is 0 Å². The van der Waals surface area contributed by atoms with Crippen LogP contribution in [0.5, 0.6) is 0 Å². The van der Waals surface area contributed by atoms with Crippen LogP contribution in [0.4, 0.5) is 10.5 Å². The molecule has 21 heavy (non-hydrogen) atoms. The molecule has 3 rings (SSSR count). The van der Waals surface area contributed by atoms with E-state index in [-0.39, 0.29) is 6.03 Å². The average molecular weight is 328 g/mol. The summed E-state index contributed by atoms with van der Waals surface area (Å²) in [4.78, 5) is 16.7. The molecule has 1 atom stereocenters. The zero-order valence-corrected chi connectivity index (χ0v) is 13.3. The maximum atomic E-state index is 12.3. The Labute approximate surface area is 135 Å². The van der Waals surface area contributed by atoms with E-state index in [2.05, 4.69) is 10.2 Å². The van der Waals surface area contributed by atoms with E-state index >= 15 is 0 Å². The van der Waals surface area contributed by atoms with Gasteiger partial charge in [-0.15, -0.1) is 0 Å². The van der Waals surface area contributed by atoms with Gasteiger partial charge in [0.2, 0.25) is 0 Å². The summed E-state index contributed by atoms with van der Waals surface area (Å²) in [5, 5.41) is 3.83. The molecular weight excluding hydrogens is 309 g/mol. The Bertz CT molecular complexity index is 532. The van der Waals surface area contributed by atoms with E-state index in [4.69, 9.17) is 23.2 Å². The molecule has 2 fully saturated rings. The van der Waals surface area contributed by atoms with Gasteiger partial charge in [0.05, 0.1) is 10.0 Å². The van der Waals surface area contributed by atoms with Crippen molar-refractivity contribution in [1.82, 2.24) is 9.80 Å². The molecule has 2 aliphatic heterocycles. The molecule has 6 heteroatoms. The number of amides is 2. The number of likely N-dealkylation sites (tertiary alicyclic amines) is 2. The minimum absolute atomic E-state index is 0.0601. The van der Waals surface area contributed by atoms with Crippen molar-refractivity contribution in [2.45, 2.75) is 25.3 Å². The van der Waals surface area contributed by atoms with E-state index in [9.17, 15) is 4.79 Å². The summed E-state index contributed by atoms with van der Waals surface area (Å²) in [6.07, 6.45) is 3.63. The fraction of sp³-hybridized carbons (Fsp3) is 0.533. The van der Waals surface area contributed by atoms with E-state index in [0.29, 0.717) is 21.8 Å².